The number of unbranched alkanes of at least 4 members (excludes halogenated alkanes) is 16. The first-order chi connectivity index (χ1) is 58.8. The zero-order chi connectivity index (χ0) is 86.1. The Morgan fingerprint density at radius 2 is 0.250 bits per heavy atom. The van der Waals surface area contributed by atoms with E-state index in [0.717, 1.165) is 103 Å². The molecule has 0 unspecified atom stereocenters. The molecule has 8 aromatic rings. The van der Waals surface area contributed by atoms with Crippen LogP contribution >= 0.6 is 31.7 Å². The maximum atomic E-state index is 3.28. The summed E-state index contributed by atoms with van der Waals surface area (Å²) < 4.78 is 0. The van der Waals surface area contributed by atoms with Gasteiger partial charge in [0.25, 0.3) is 0 Å². The van der Waals surface area contributed by atoms with Crippen molar-refractivity contribution < 1.29 is 0 Å². The number of hydrogen-bond acceptors (Lipinski definition) is 0. The average Bonchev–Trinajstić information content (AvgIpc) is 0.675. The van der Waals surface area contributed by atoms with E-state index in [2.05, 4.69) is 270 Å². The van der Waals surface area contributed by atoms with Gasteiger partial charge in [0.15, 0.2) is 0 Å². The molecule has 120 heavy (non-hydrogen) atoms. The van der Waals surface area contributed by atoms with Crippen LogP contribution in [0.1, 0.15) is 419 Å². The van der Waals surface area contributed by atoms with Gasteiger partial charge in [-0.1, -0.05) is 359 Å². The van der Waals surface area contributed by atoms with Gasteiger partial charge in [0.1, 0.15) is 0 Å². The Hall–Kier alpha value is -4.52. The normalized spacial score (nSPS) is 12.2. The Labute approximate surface area is 746 Å². The molecule has 658 valence electrons. The molecule has 0 saturated heterocycles. The summed E-state index contributed by atoms with van der Waals surface area (Å²) in [6, 6.07) is 66.1. The van der Waals surface area contributed by atoms with Crippen LogP contribution in [0.25, 0.3) is 0 Å². The molecule has 8 aromatic carbocycles. The molecule has 0 aliphatic carbocycles. The van der Waals surface area contributed by atoms with Crippen LogP contribution < -0.4 is 42.4 Å². The Morgan fingerprint density at radius 1 is 0.150 bits per heavy atom. The van der Waals surface area contributed by atoms with Crippen LogP contribution in [0.4, 0.5) is 0 Å². The summed E-state index contributed by atoms with van der Waals surface area (Å²) in [6.07, 6.45) is 56.1. The van der Waals surface area contributed by atoms with E-state index in [1.807, 2.05) is 0 Å². The second-order valence-corrected chi connectivity index (χ2v) is 47.2. The molecular formula is C116H174P4. The van der Waals surface area contributed by atoms with Crippen molar-refractivity contribution >= 4 is 74.1 Å². The van der Waals surface area contributed by atoms with Gasteiger partial charge in [-0.05, 0) is 382 Å². The van der Waals surface area contributed by atoms with Crippen LogP contribution in [0.5, 0.6) is 0 Å². The van der Waals surface area contributed by atoms with Crippen molar-refractivity contribution in [3.8, 4) is 0 Å². The van der Waals surface area contributed by atoms with Crippen LogP contribution in [0.3, 0.4) is 0 Å². The lowest BCUT2D eigenvalue weighted by atomic mass is 9.97. The number of benzene rings is 8. The van der Waals surface area contributed by atoms with E-state index in [-0.39, 0.29) is 0 Å². The summed E-state index contributed by atoms with van der Waals surface area (Å²) in [4.78, 5) is -1.07. The summed E-state index contributed by atoms with van der Waals surface area (Å²) in [7, 11) is -5.66. The molecule has 0 aromatic heterocycles. The van der Waals surface area contributed by atoms with Gasteiger partial charge in [0.2, 0.25) is 0 Å². The van der Waals surface area contributed by atoms with E-state index in [9.17, 15) is 0 Å². The fourth-order valence-electron chi connectivity index (χ4n) is 20.0. The minimum atomic E-state index is -1.42. The first-order valence-electron chi connectivity index (χ1n) is 50.9. The Balaban J connectivity index is 2.04. The van der Waals surface area contributed by atoms with E-state index >= 15 is 0 Å². The van der Waals surface area contributed by atoms with Crippen molar-refractivity contribution in [2.45, 2.75) is 443 Å². The maximum absolute atomic E-state index is 3.28. The van der Waals surface area contributed by atoms with E-state index in [1.165, 1.54) is 205 Å². The second-order valence-electron chi connectivity index (χ2n) is 36.4. The molecular weight excluding hydrogens is 1520 g/mol. The molecule has 0 nitrogen and oxygen atoms in total. The number of hydrogen-bond donors (Lipinski definition) is 0. The van der Waals surface area contributed by atoms with Gasteiger partial charge in [0.05, 0.1) is 0 Å². The lowest BCUT2D eigenvalue weighted by molar-refractivity contribution is 0.749. The van der Waals surface area contributed by atoms with Gasteiger partial charge in [-0.15, -0.1) is 0 Å². The van der Waals surface area contributed by atoms with E-state index < -0.39 is 41.5 Å². The van der Waals surface area contributed by atoms with Crippen molar-refractivity contribution in [2.24, 2.45) is 0 Å². The highest BCUT2D eigenvalue weighted by molar-refractivity contribution is 7.98. The van der Waals surface area contributed by atoms with Gasteiger partial charge in [-0.2, -0.15) is 0 Å². The van der Waals surface area contributed by atoms with Crippen LogP contribution in [-0.4, -0.2) is 9.79 Å². The van der Waals surface area contributed by atoms with Crippen molar-refractivity contribution in [1.82, 2.24) is 0 Å². The minimum absolute atomic E-state index is 0.537. The van der Waals surface area contributed by atoms with E-state index in [0.29, 0.717) is 0 Å². The lowest BCUT2D eigenvalue weighted by Gasteiger charge is -2.63. The maximum Gasteiger partial charge on any atom is 0.0383 e. The minimum Gasteiger partial charge on any atom is -0.0654 e. The first kappa shape index (κ1) is 101. The lowest BCUT2D eigenvalue weighted by Crippen LogP contribution is -2.57. The molecule has 0 atom stereocenters. The highest BCUT2D eigenvalue weighted by Crippen LogP contribution is 2.84. The quantitative estimate of drug-likeness (QED) is 0.0333. The van der Waals surface area contributed by atoms with Crippen molar-refractivity contribution in [3.63, 3.8) is 0 Å². The van der Waals surface area contributed by atoms with Gasteiger partial charge >= 0.3 is 0 Å². The van der Waals surface area contributed by atoms with Crippen molar-refractivity contribution in [1.29, 1.82) is 0 Å². The number of aryl methyl sites for hydroxylation is 8. The molecule has 0 radical (unpaired) electrons. The predicted molar refractivity (Wildman–Crippen MR) is 551 cm³/mol. The third kappa shape index (κ3) is 25.7. The smallest absolute Gasteiger partial charge is 0.0383 e. The SMILES string of the molecule is CCCCc1cccc(P(c2cccc(CCCC)c2CCCC)C(C)(P(c2cccc(CCCC)c2CCCC)c2cccc(CCCC)c2CCCC)C(C)(P(c2cccc(CCCC)c2CCCC)c2cccc(CCCC)c2CCCC)P(c2cccc(CCCC)c2CCCC)c2cccc(CCCC)c2CCCC)c1CCCC. The zero-order valence-corrected chi connectivity index (χ0v) is 84.2. The van der Waals surface area contributed by atoms with Gasteiger partial charge in [-0.25, -0.2) is 0 Å². The molecule has 0 saturated carbocycles. The summed E-state index contributed by atoms with van der Waals surface area (Å²) in [5.41, 5.74) is 27.0. The Morgan fingerprint density at radius 3 is 0.350 bits per heavy atom. The molecule has 0 aliphatic heterocycles. The Bertz CT molecular complexity index is 3450. The van der Waals surface area contributed by atoms with E-state index in [4.69, 9.17) is 0 Å². The summed E-state index contributed by atoms with van der Waals surface area (Å²) >= 11 is 0. The van der Waals surface area contributed by atoms with E-state index in [1.54, 1.807) is 131 Å². The van der Waals surface area contributed by atoms with Crippen molar-refractivity contribution in [3.05, 3.63) is 235 Å². The molecule has 8 rings (SSSR count). The van der Waals surface area contributed by atoms with Crippen LogP contribution in [0.15, 0.2) is 146 Å². The first-order valence-corrected chi connectivity index (χ1v) is 56.2. The highest BCUT2D eigenvalue weighted by Gasteiger charge is 2.65. The summed E-state index contributed by atoms with van der Waals surface area (Å²) in [6.45, 7) is 46.4. The molecule has 0 heterocycles. The fraction of sp³-hybridized carbons (Fsp3) is 0.586. The largest absolute Gasteiger partial charge is 0.0654 e. The highest BCUT2D eigenvalue weighted by atomic mass is 31.2. The van der Waals surface area contributed by atoms with Crippen LogP contribution in [-0.2, 0) is 103 Å². The number of rotatable bonds is 61. The summed E-state index contributed by atoms with van der Waals surface area (Å²) in [5.74, 6) is 0. The average molecular weight is 1690 g/mol. The molecule has 0 aliphatic rings. The topological polar surface area (TPSA) is 0 Å². The zero-order valence-electron chi connectivity index (χ0n) is 80.6. The molecule has 0 amide bonds. The van der Waals surface area contributed by atoms with Gasteiger partial charge in [-0.3, -0.25) is 0 Å². The fourth-order valence-corrected chi connectivity index (χ4v) is 39.2. The Kier molecular flexibility index (Phi) is 46.4. The molecule has 0 N–H and O–H groups in total. The monoisotopic (exact) mass is 1690 g/mol. The third-order valence-electron chi connectivity index (χ3n) is 27.2. The summed E-state index contributed by atoms with van der Waals surface area (Å²) in [5, 5.41) is 14.0. The molecule has 0 bridgehead atoms. The predicted octanol–water partition coefficient (Wildman–Crippen LogP) is 32.4. The van der Waals surface area contributed by atoms with Gasteiger partial charge in [0, 0.05) is 9.79 Å². The molecule has 0 fully saturated rings. The van der Waals surface area contributed by atoms with Gasteiger partial charge < -0.3 is 0 Å². The molecule has 4 heteroatoms. The third-order valence-corrected chi connectivity index (χ3v) is 42.8. The van der Waals surface area contributed by atoms with Crippen LogP contribution in [0, 0.1) is 0 Å². The van der Waals surface area contributed by atoms with Crippen molar-refractivity contribution in [2.75, 3.05) is 0 Å². The molecule has 0 spiro atoms. The van der Waals surface area contributed by atoms with Crippen LogP contribution in [0.2, 0.25) is 0 Å². The standard InChI is InChI=1S/C116H174P4/c1-19-35-59-91-67-51-83-107(99(91)75-43-27-9)117(108-84-52-68-92(60-36-20-2)100(108)76-44-28-10)115(17,118(109-85-53-69-93(61-37-21-3)101(109)77-45-29-11)110-86-54-70-94(62-38-22-4)102(110)78-46-30-12)116(18,119(111-87-55-71-95(63-39-23-5)103(111)79-47-31-13)112-88-56-72-96(64-40-24-6)104(112)80-48-32-14)120(113-89-57-73-97(65-41-25-7)105(113)81-49-33-15)114-90-58-74-98(66-42-26-8)106(114)82-50-34-16/h51-58,67-74,83-90H,19-50,59-66,75-82H2,1-18H3. The second kappa shape index (κ2) is 55.2.